The van der Waals surface area contributed by atoms with Gasteiger partial charge < -0.3 is 0 Å². The molecule has 0 amide bonds. The van der Waals surface area contributed by atoms with Crippen molar-refractivity contribution in [3.63, 3.8) is 0 Å². The van der Waals surface area contributed by atoms with E-state index < -0.39 is 16.5 Å². The molecule has 190 valence electrons. The summed E-state index contributed by atoms with van der Waals surface area (Å²) >= 11 is 17.6. The predicted molar refractivity (Wildman–Crippen MR) is 142 cm³/mol. The van der Waals surface area contributed by atoms with Gasteiger partial charge in [-0.1, -0.05) is 54.7 Å². The molecule has 7 nitrogen and oxygen atoms in total. The number of nitro benzene ring substituents is 1. The van der Waals surface area contributed by atoms with E-state index in [0.717, 1.165) is 0 Å². The SMILES string of the molecule is CC(=O)C(=Cc1cc([N+](=O)[O-])ccc1Cl)C(C)=O.CCC(=O)C(=Cc1ccc(Cl)c(Cl)c1)C(=O)CC. The van der Waals surface area contributed by atoms with Crippen LogP contribution in [-0.4, -0.2) is 28.1 Å². The van der Waals surface area contributed by atoms with Crippen LogP contribution >= 0.6 is 34.8 Å². The molecule has 10 heteroatoms. The number of hydrogen-bond acceptors (Lipinski definition) is 6. The van der Waals surface area contributed by atoms with Crippen LogP contribution in [0, 0.1) is 10.1 Å². The molecule has 0 saturated heterocycles. The monoisotopic (exact) mass is 551 g/mol. The Bertz CT molecular complexity index is 1230. The van der Waals surface area contributed by atoms with Crippen LogP contribution in [0.15, 0.2) is 47.5 Å². The Hall–Kier alpha value is -3.13. The molecule has 0 aliphatic rings. The maximum Gasteiger partial charge on any atom is 0.270 e. The molecule has 2 aromatic carbocycles. The number of benzene rings is 2. The molecule has 2 aromatic rings. The number of carbonyl (C=O) groups excluding carboxylic acids is 4. The van der Waals surface area contributed by atoms with Gasteiger partial charge in [-0.2, -0.15) is 0 Å². The standard InChI is InChI=1S/C14H14Cl2O2.C12H10ClNO4/c1-3-13(17)10(14(18)4-2)7-9-5-6-11(15)12(16)8-9;1-7(15)11(8(2)16)6-9-5-10(14(17)18)3-4-12(9)13/h5-8H,3-4H2,1-2H3;3-6H,1-2H3. The van der Waals surface area contributed by atoms with E-state index >= 15 is 0 Å². The number of halogens is 3. The summed E-state index contributed by atoms with van der Waals surface area (Å²) < 4.78 is 0. The smallest absolute Gasteiger partial charge is 0.270 e. The summed E-state index contributed by atoms with van der Waals surface area (Å²) in [5.74, 6) is -1.14. The van der Waals surface area contributed by atoms with E-state index in [2.05, 4.69) is 0 Å². The van der Waals surface area contributed by atoms with Gasteiger partial charge in [0.25, 0.3) is 5.69 Å². The van der Waals surface area contributed by atoms with Gasteiger partial charge in [0.15, 0.2) is 23.1 Å². The molecule has 0 unspecified atom stereocenters. The molecular weight excluding hydrogens is 529 g/mol. The number of hydrogen-bond donors (Lipinski definition) is 0. The van der Waals surface area contributed by atoms with E-state index in [4.69, 9.17) is 34.8 Å². The summed E-state index contributed by atoms with van der Waals surface area (Å²) in [5.41, 5.74) is 0.988. The lowest BCUT2D eigenvalue weighted by Gasteiger charge is -2.04. The van der Waals surface area contributed by atoms with Crippen LogP contribution in [0.25, 0.3) is 12.2 Å². The molecule has 0 fully saturated rings. The molecule has 0 aliphatic carbocycles. The maximum absolute atomic E-state index is 11.7. The Kier molecular flexibility index (Phi) is 12.4. The van der Waals surface area contributed by atoms with E-state index in [0.29, 0.717) is 28.5 Å². The number of non-ortho nitro benzene ring substituents is 1. The third kappa shape index (κ3) is 9.15. The fourth-order valence-corrected chi connectivity index (χ4v) is 3.31. The van der Waals surface area contributed by atoms with Crippen molar-refractivity contribution in [2.75, 3.05) is 0 Å². The normalized spacial score (nSPS) is 9.86. The topological polar surface area (TPSA) is 111 Å². The Balaban J connectivity index is 0.000000360. The molecule has 0 aromatic heterocycles. The summed E-state index contributed by atoms with van der Waals surface area (Å²) in [4.78, 5) is 56.0. The van der Waals surface area contributed by atoms with Crippen LogP contribution in [0.4, 0.5) is 5.69 Å². The second-order valence-corrected chi connectivity index (χ2v) is 8.64. The average Bonchev–Trinajstić information content (AvgIpc) is 2.82. The molecule has 0 aliphatic heterocycles. The fourth-order valence-electron chi connectivity index (χ4n) is 2.83. The number of nitrogens with zero attached hydrogens (tertiary/aromatic N) is 1. The molecule has 0 radical (unpaired) electrons. The van der Waals surface area contributed by atoms with Crippen molar-refractivity contribution >= 4 is 75.8 Å². The van der Waals surface area contributed by atoms with Gasteiger partial charge in [-0.15, -0.1) is 0 Å². The highest BCUT2D eigenvalue weighted by Crippen LogP contribution is 2.25. The molecule has 0 bridgehead atoms. The summed E-state index contributed by atoms with van der Waals surface area (Å²) in [7, 11) is 0. The number of rotatable bonds is 9. The van der Waals surface area contributed by atoms with Crippen LogP contribution in [0.1, 0.15) is 51.7 Å². The van der Waals surface area contributed by atoms with Crippen molar-refractivity contribution in [1.29, 1.82) is 0 Å². The molecule has 0 N–H and O–H groups in total. The summed E-state index contributed by atoms with van der Waals surface area (Å²) in [6, 6.07) is 8.81. The van der Waals surface area contributed by atoms with Crippen LogP contribution in [-0.2, 0) is 19.2 Å². The number of nitro groups is 1. The van der Waals surface area contributed by atoms with Crippen LogP contribution < -0.4 is 0 Å². The van der Waals surface area contributed by atoms with Crippen molar-refractivity contribution in [1.82, 2.24) is 0 Å². The van der Waals surface area contributed by atoms with Gasteiger partial charge >= 0.3 is 0 Å². The minimum atomic E-state index is -0.575. The van der Waals surface area contributed by atoms with Gasteiger partial charge in [-0.05, 0) is 49.8 Å². The van der Waals surface area contributed by atoms with E-state index in [1.807, 2.05) is 0 Å². The zero-order valence-electron chi connectivity index (χ0n) is 20.1. The number of allylic oxidation sites excluding steroid dienone is 2. The molecule has 0 spiro atoms. The van der Waals surface area contributed by atoms with Crippen molar-refractivity contribution in [3.05, 3.63) is 83.9 Å². The second-order valence-electron chi connectivity index (χ2n) is 7.42. The van der Waals surface area contributed by atoms with Crippen LogP contribution in [0.3, 0.4) is 0 Å². The average molecular weight is 553 g/mol. The lowest BCUT2D eigenvalue weighted by Crippen LogP contribution is -2.10. The van der Waals surface area contributed by atoms with Crippen molar-refractivity contribution in [2.45, 2.75) is 40.5 Å². The zero-order valence-corrected chi connectivity index (χ0v) is 22.3. The first-order chi connectivity index (χ1) is 16.8. The van der Waals surface area contributed by atoms with Crippen LogP contribution in [0.5, 0.6) is 0 Å². The first kappa shape index (κ1) is 30.9. The van der Waals surface area contributed by atoms with Gasteiger partial charge in [0.2, 0.25) is 0 Å². The largest absolute Gasteiger partial charge is 0.294 e. The lowest BCUT2D eigenvalue weighted by molar-refractivity contribution is -0.384. The van der Waals surface area contributed by atoms with Crippen LogP contribution in [0.2, 0.25) is 15.1 Å². The lowest BCUT2D eigenvalue weighted by atomic mass is 10.00. The minimum Gasteiger partial charge on any atom is -0.294 e. The highest BCUT2D eigenvalue weighted by atomic mass is 35.5. The van der Waals surface area contributed by atoms with Gasteiger partial charge in [-0.3, -0.25) is 29.3 Å². The van der Waals surface area contributed by atoms with E-state index in [1.54, 1.807) is 38.1 Å². The Morgan fingerprint density at radius 1 is 0.778 bits per heavy atom. The maximum atomic E-state index is 11.7. The summed E-state index contributed by atoms with van der Waals surface area (Å²) in [6.07, 6.45) is 3.44. The molecular formula is C26H24Cl3NO6. The van der Waals surface area contributed by atoms with Gasteiger partial charge in [0.1, 0.15) is 0 Å². The Morgan fingerprint density at radius 2 is 1.31 bits per heavy atom. The van der Waals surface area contributed by atoms with E-state index in [-0.39, 0.29) is 39.0 Å². The molecule has 36 heavy (non-hydrogen) atoms. The van der Waals surface area contributed by atoms with Gasteiger partial charge in [-0.25, -0.2) is 0 Å². The third-order valence-corrected chi connectivity index (χ3v) is 5.83. The molecule has 2 rings (SSSR count). The van der Waals surface area contributed by atoms with Crippen molar-refractivity contribution < 1.29 is 24.1 Å². The summed E-state index contributed by atoms with van der Waals surface area (Å²) in [5, 5.41) is 11.7. The second kappa shape index (κ2) is 14.4. The Morgan fingerprint density at radius 3 is 1.75 bits per heavy atom. The number of Topliss-reactive ketones (excluding diaryl/α,β-unsaturated/α-hetero) is 4. The number of carbonyl (C=O) groups is 4. The van der Waals surface area contributed by atoms with E-state index in [9.17, 15) is 29.3 Å². The first-order valence-electron chi connectivity index (χ1n) is 10.7. The van der Waals surface area contributed by atoms with Crippen molar-refractivity contribution in [2.24, 2.45) is 0 Å². The molecule has 0 saturated carbocycles. The summed E-state index contributed by atoms with van der Waals surface area (Å²) in [6.45, 7) is 5.96. The highest BCUT2D eigenvalue weighted by molar-refractivity contribution is 6.42. The minimum absolute atomic E-state index is 0.0441. The third-order valence-electron chi connectivity index (χ3n) is 4.75. The first-order valence-corrected chi connectivity index (χ1v) is 11.9. The Labute approximate surface area is 223 Å². The molecule has 0 heterocycles. The van der Waals surface area contributed by atoms with Crippen molar-refractivity contribution in [3.8, 4) is 0 Å². The highest BCUT2D eigenvalue weighted by Gasteiger charge is 2.15. The quantitative estimate of drug-likeness (QED) is 0.107. The fraction of sp³-hybridized carbons (Fsp3) is 0.231. The zero-order chi connectivity index (χ0) is 27.6. The molecule has 0 atom stereocenters. The predicted octanol–water partition coefficient (Wildman–Crippen LogP) is 7.14. The number of ketones is 4. The van der Waals surface area contributed by atoms with Gasteiger partial charge in [0, 0.05) is 35.6 Å². The van der Waals surface area contributed by atoms with E-state index in [1.165, 1.54) is 38.1 Å². The van der Waals surface area contributed by atoms with Gasteiger partial charge in [0.05, 0.1) is 26.1 Å².